The Hall–Kier alpha value is -3.55. The summed E-state index contributed by atoms with van der Waals surface area (Å²) < 4.78 is 34.5. The molecule has 3 rings (SSSR count). The maximum atomic E-state index is 13.5. The highest BCUT2D eigenvalue weighted by atomic mass is 16.8. The van der Waals surface area contributed by atoms with Crippen LogP contribution in [0.1, 0.15) is 309 Å². The minimum Gasteiger partial charge on any atom is -0.394 e. The molecule has 17 atom stereocenters. The molecule has 0 radical (unpaired) electrons. The smallest absolute Gasteiger partial charge is 0.220 e. The summed E-state index contributed by atoms with van der Waals surface area (Å²) in [5.74, 6) is -0.293. The van der Waals surface area contributed by atoms with Crippen molar-refractivity contribution in [2.24, 2.45) is 0 Å². The van der Waals surface area contributed by atoms with Gasteiger partial charge in [-0.1, -0.05) is 322 Å². The zero-order valence-corrected chi connectivity index (χ0v) is 66.3. The van der Waals surface area contributed by atoms with E-state index < -0.39 is 124 Å². The van der Waals surface area contributed by atoms with E-state index in [0.29, 0.717) is 12.8 Å². The predicted molar refractivity (Wildman–Crippen MR) is 429 cm³/mol. The summed E-state index contributed by atoms with van der Waals surface area (Å²) in [7, 11) is 0. The van der Waals surface area contributed by atoms with E-state index in [9.17, 15) is 61.0 Å². The minimum absolute atomic E-state index is 0.222. The molecule has 107 heavy (non-hydrogen) atoms. The Morgan fingerprint density at radius 1 is 0.346 bits per heavy atom. The fourth-order valence-corrected chi connectivity index (χ4v) is 13.8. The molecule has 19 heteroatoms. The van der Waals surface area contributed by atoms with Crippen molar-refractivity contribution < 1.29 is 89.4 Å². The zero-order valence-electron chi connectivity index (χ0n) is 66.3. The predicted octanol–water partition coefficient (Wildman–Crippen LogP) is 15.3. The summed E-state index contributed by atoms with van der Waals surface area (Å²) in [6.45, 7) is 1.63. The number of allylic oxidation sites excluding steroid dienone is 17. The van der Waals surface area contributed by atoms with Crippen LogP contribution in [0.2, 0.25) is 0 Å². The Balaban J connectivity index is 1.38. The van der Waals surface area contributed by atoms with Crippen LogP contribution >= 0.6 is 0 Å². The molecule has 0 spiro atoms. The van der Waals surface area contributed by atoms with Crippen LogP contribution in [0.15, 0.2) is 109 Å². The number of carbonyl (C=O) groups is 1. The molecule has 1 amide bonds. The molecule has 3 aliphatic rings. The fourth-order valence-electron chi connectivity index (χ4n) is 13.8. The number of aliphatic hydroxyl groups excluding tert-OH is 11. The second kappa shape index (κ2) is 67.0. The van der Waals surface area contributed by atoms with Crippen molar-refractivity contribution in [2.75, 3.05) is 26.4 Å². The number of hydrogen-bond donors (Lipinski definition) is 12. The van der Waals surface area contributed by atoms with Crippen molar-refractivity contribution in [3.63, 3.8) is 0 Å². The molecular formula is C88H153NO18. The number of rotatable bonds is 67. The molecule has 0 aromatic carbocycles. The molecular weight excluding hydrogens is 1360 g/mol. The highest BCUT2D eigenvalue weighted by Gasteiger charge is 2.54. The molecule has 3 fully saturated rings. The Bertz CT molecular complexity index is 2360. The third-order valence-corrected chi connectivity index (χ3v) is 20.6. The molecule has 618 valence electrons. The van der Waals surface area contributed by atoms with Crippen LogP contribution in [-0.4, -0.2) is 193 Å². The molecule has 0 aromatic rings. The second-order valence-electron chi connectivity index (χ2n) is 29.9. The first-order chi connectivity index (χ1) is 52.3. The van der Waals surface area contributed by atoms with Crippen LogP contribution in [0.4, 0.5) is 0 Å². The van der Waals surface area contributed by atoms with Crippen LogP contribution in [0.3, 0.4) is 0 Å². The monoisotopic (exact) mass is 1510 g/mol. The molecule has 3 heterocycles. The van der Waals surface area contributed by atoms with E-state index in [2.05, 4.69) is 116 Å². The van der Waals surface area contributed by atoms with Gasteiger partial charge >= 0.3 is 0 Å². The standard InChI is InChI=1S/C88H153NO18/c1-3-5-7-9-11-13-15-17-19-21-23-25-27-29-31-33-35-37-39-41-43-45-47-49-51-53-55-57-59-61-63-65-72(93)71(89-76(94)66-64-62-60-58-56-54-52-50-48-46-44-42-40-38-36-34-32-30-28-26-24-22-20-18-16-14-12-10-8-6-4-2)70-102-86-82(100)79(97)84(74(68-91)104-86)107-88-83(101)80(98)85(75(69-92)105-88)106-87-81(99)78(96)77(95)73(67-90)103-87/h6,8,12,14,18,20,24,26,30,32,36,38,42,44,55,57,63,65,71-75,77-88,90-93,95-101H,3-5,7,9-11,13,15-17,19,21-23,25,27-29,31,33-35,37,39-41,43,45-54,56,58-62,64,66-70H2,1-2H3,(H,89,94)/b8-6-,14-12-,20-18-,26-24-,32-30-,38-36-,44-42-,57-55+,65-63+. The van der Waals surface area contributed by atoms with E-state index in [0.717, 1.165) is 96.3 Å². The van der Waals surface area contributed by atoms with Crippen molar-refractivity contribution in [1.82, 2.24) is 5.32 Å². The van der Waals surface area contributed by atoms with E-state index in [4.69, 9.17) is 28.4 Å². The number of amides is 1. The molecule has 0 aromatic heterocycles. The highest BCUT2D eigenvalue weighted by molar-refractivity contribution is 5.76. The van der Waals surface area contributed by atoms with E-state index >= 15 is 0 Å². The quantitative estimate of drug-likeness (QED) is 0.0199. The number of hydrogen-bond acceptors (Lipinski definition) is 18. The number of nitrogens with one attached hydrogen (secondary N) is 1. The van der Waals surface area contributed by atoms with E-state index in [1.807, 2.05) is 6.08 Å². The number of ether oxygens (including phenoxy) is 6. The van der Waals surface area contributed by atoms with Gasteiger partial charge < -0.3 is 89.9 Å². The summed E-state index contributed by atoms with van der Waals surface area (Å²) in [6.07, 6.45) is 66.5. The summed E-state index contributed by atoms with van der Waals surface area (Å²) in [4.78, 5) is 13.5. The van der Waals surface area contributed by atoms with Crippen LogP contribution < -0.4 is 5.32 Å². The average molecular weight is 1510 g/mol. The van der Waals surface area contributed by atoms with Crippen molar-refractivity contribution in [3.05, 3.63) is 109 Å². The molecule has 3 aliphatic heterocycles. The van der Waals surface area contributed by atoms with Gasteiger partial charge in [-0.3, -0.25) is 4.79 Å². The molecule has 0 bridgehead atoms. The Morgan fingerprint density at radius 3 is 1.05 bits per heavy atom. The molecule has 19 nitrogen and oxygen atoms in total. The summed E-state index contributed by atoms with van der Waals surface area (Å²) in [6, 6.07) is -1.00. The Morgan fingerprint density at radius 2 is 0.654 bits per heavy atom. The highest BCUT2D eigenvalue weighted by Crippen LogP contribution is 2.33. The largest absolute Gasteiger partial charge is 0.394 e. The first-order valence-corrected chi connectivity index (χ1v) is 42.6. The third kappa shape index (κ3) is 46.3. The van der Waals surface area contributed by atoms with Gasteiger partial charge in [0.1, 0.15) is 73.2 Å². The number of aliphatic hydroxyl groups is 11. The maximum absolute atomic E-state index is 13.5. The topological polar surface area (TPSA) is 307 Å². The lowest BCUT2D eigenvalue weighted by molar-refractivity contribution is -0.379. The Labute approximate surface area is 646 Å². The van der Waals surface area contributed by atoms with Gasteiger partial charge in [0.15, 0.2) is 18.9 Å². The number of carbonyl (C=O) groups excluding carboxylic acids is 1. The van der Waals surface area contributed by atoms with Crippen LogP contribution in [0.25, 0.3) is 0 Å². The first kappa shape index (κ1) is 97.6. The van der Waals surface area contributed by atoms with Crippen LogP contribution in [0.5, 0.6) is 0 Å². The van der Waals surface area contributed by atoms with E-state index in [1.54, 1.807) is 6.08 Å². The van der Waals surface area contributed by atoms with Crippen LogP contribution in [0, 0.1) is 0 Å². The van der Waals surface area contributed by atoms with Gasteiger partial charge in [-0.2, -0.15) is 0 Å². The lowest BCUT2D eigenvalue weighted by Crippen LogP contribution is -2.66. The summed E-state index contributed by atoms with van der Waals surface area (Å²) in [5.41, 5.74) is 0. The summed E-state index contributed by atoms with van der Waals surface area (Å²) in [5, 5.41) is 121. The van der Waals surface area contributed by atoms with Gasteiger partial charge in [-0.25, -0.2) is 0 Å². The van der Waals surface area contributed by atoms with Gasteiger partial charge in [0.2, 0.25) is 5.91 Å². The van der Waals surface area contributed by atoms with Gasteiger partial charge in [-0.15, -0.1) is 0 Å². The van der Waals surface area contributed by atoms with Gasteiger partial charge in [0.25, 0.3) is 0 Å². The summed E-state index contributed by atoms with van der Waals surface area (Å²) >= 11 is 0. The minimum atomic E-state index is -1.99. The molecule has 12 N–H and O–H groups in total. The van der Waals surface area contributed by atoms with Crippen molar-refractivity contribution in [2.45, 2.75) is 413 Å². The zero-order chi connectivity index (χ0) is 77.4. The SMILES string of the molecule is CC/C=C\C/C=C\C/C=C\C/C=C\C/C=C\C/C=C\C/C=C\CCCCCCCCCCCC(=O)NC(COC1OC(CO)C(OC2OC(CO)C(OC3OC(CO)C(O)C(O)C3O)C(O)C2O)C(O)C1O)C(O)/C=C/CC/C=C/CCCCCCCCCCCCCCCCCCCCCCCCCCC. The molecule has 0 aliphatic carbocycles. The van der Waals surface area contributed by atoms with Crippen molar-refractivity contribution >= 4 is 5.91 Å². The van der Waals surface area contributed by atoms with Gasteiger partial charge in [0, 0.05) is 6.42 Å². The molecule has 17 unspecified atom stereocenters. The van der Waals surface area contributed by atoms with E-state index in [1.165, 1.54) is 180 Å². The normalized spacial score (nSPS) is 26.1. The third-order valence-electron chi connectivity index (χ3n) is 20.6. The Kier molecular flexibility index (Phi) is 61.1. The van der Waals surface area contributed by atoms with Gasteiger partial charge in [-0.05, 0) is 89.9 Å². The number of unbranched alkanes of at least 4 members (excludes halogenated alkanes) is 35. The van der Waals surface area contributed by atoms with Crippen molar-refractivity contribution in [1.29, 1.82) is 0 Å². The lowest BCUT2D eigenvalue weighted by Gasteiger charge is -2.48. The maximum Gasteiger partial charge on any atom is 0.220 e. The molecule has 0 saturated carbocycles. The van der Waals surface area contributed by atoms with Gasteiger partial charge in [0.05, 0.1) is 38.6 Å². The lowest BCUT2D eigenvalue weighted by atomic mass is 9.96. The average Bonchev–Trinajstić information content (AvgIpc) is 0.780. The van der Waals surface area contributed by atoms with Crippen molar-refractivity contribution in [3.8, 4) is 0 Å². The fraction of sp³-hybridized carbons (Fsp3) is 0.784. The first-order valence-electron chi connectivity index (χ1n) is 42.6. The molecule has 3 saturated heterocycles. The van der Waals surface area contributed by atoms with E-state index in [-0.39, 0.29) is 18.9 Å². The van der Waals surface area contributed by atoms with Crippen LogP contribution in [-0.2, 0) is 33.2 Å². The second-order valence-corrected chi connectivity index (χ2v) is 29.9.